The van der Waals surface area contributed by atoms with E-state index < -0.39 is 29.3 Å². The number of rotatable bonds is 0. The first-order valence-corrected chi connectivity index (χ1v) is 6.92. The Bertz CT molecular complexity index is 434. The molecule has 0 bridgehead atoms. The van der Waals surface area contributed by atoms with Crippen LogP contribution in [0.15, 0.2) is 0 Å². The van der Waals surface area contributed by atoms with Crippen molar-refractivity contribution in [3.05, 3.63) is 0 Å². The Morgan fingerprint density at radius 3 is 2.47 bits per heavy atom. The molecule has 19 heavy (non-hydrogen) atoms. The summed E-state index contributed by atoms with van der Waals surface area (Å²) in [5.74, 6) is -3.06. The van der Waals surface area contributed by atoms with Crippen LogP contribution in [-0.2, 0) is 9.53 Å². The van der Waals surface area contributed by atoms with Gasteiger partial charge >= 0.3 is 0 Å². The third-order valence-corrected chi connectivity index (χ3v) is 5.80. The molecule has 0 amide bonds. The smallest absolute Gasteiger partial charge is 0.235 e. The predicted molar refractivity (Wildman–Crippen MR) is 66.0 cm³/mol. The highest BCUT2D eigenvalue weighted by Crippen LogP contribution is 2.61. The lowest BCUT2D eigenvalue weighted by atomic mass is 9.52. The van der Waals surface area contributed by atoms with E-state index in [-0.39, 0.29) is 23.7 Å². The highest BCUT2D eigenvalue weighted by molar-refractivity contribution is 5.91. The van der Waals surface area contributed by atoms with E-state index in [1.54, 1.807) is 6.92 Å². The van der Waals surface area contributed by atoms with Gasteiger partial charge in [-0.3, -0.25) is 4.79 Å². The first-order valence-electron chi connectivity index (χ1n) is 6.92. The Morgan fingerprint density at radius 1 is 1.26 bits per heavy atom. The number of ether oxygens (including phenoxy) is 1. The van der Waals surface area contributed by atoms with Gasteiger partial charge in [-0.25, -0.2) is 0 Å². The molecule has 0 radical (unpaired) electrons. The standard InChI is InChI=1S/C14H22O5/c1-12(2)6-7-8(12)9(15)11(17)13(3)4-5-19-14(13,18)10(7)16/h7-9,11,15,17-18H,4-6H2,1-3H3/t7-,8+,9-,11-,13-,14-/m0/s1. The molecule has 6 atom stereocenters. The molecule has 0 aromatic carbocycles. The maximum Gasteiger partial charge on any atom is 0.235 e. The van der Waals surface area contributed by atoms with Crippen LogP contribution in [0.2, 0.25) is 0 Å². The van der Waals surface area contributed by atoms with Gasteiger partial charge in [0.15, 0.2) is 5.78 Å². The quantitative estimate of drug-likeness (QED) is 0.580. The van der Waals surface area contributed by atoms with E-state index in [0.717, 1.165) is 0 Å². The Kier molecular flexibility index (Phi) is 2.54. The molecule has 108 valence electrons. The lowest BCUT2D eigenvalue weighted by molar-refractivity contribution is -0.238. The van der Waals surface area contributed by atoms with Crippen molar-refractivity contribution in [2.75, 3.05) is 6.61 Å². The number of fused-ring (bicyclic) bond motifs is 2. The number of ketones is 1. The lowest BCUT2D eigenvalue weighted by Gasteiger charge is -2.52. The van der Waals surface area contributed by atoms with Gasteiger partial charge in [0.1, 0.15) is 0 Å². The fourth-order valence-corrected chi connectivity index (χ4v) is 4.44. The fourth-order valence-electron chi connectivity index (χ4n) is 4.44. The molecule has 2 aliphatic carbocycles. The molecule has 1 aliphatic heterocycles. The molecule has 1 heterocycles. The summed E-state index contributed by atoms with van der Waals surface area (Å²) in [7, 11) is 0. The van der Waals surface area contributed by atoms with E-state index in [0.29, 0.717) is 12.8 Å². The average Bonchev–Trinajstić information content (AvgIpc) is 2.61. The molecule has 0 aromatic heterocycles. The molecule has 2 saturated carbocycles. The molecular formula is C14H22O5. The number of aliphatic hydroxyl groups excluding tert-OH is 2. The third kappa shape index (κ3) is 1.37. The SMILES string of the molecule is CC1(C)C[C@@H]2C(=O)[C@]3(O)OCC[C@@]3(C)[C@@H](O)[C@@H](O)[C@@H]21. The topological polar surface area (TPSA) is 87.0 Å². The fraction of sp³-hybridized carbons (Fsp3) is 0.929. The van der Waals surface area contributed by atoms with E-state index in [4.69, 9.17) is 4.74 Å². The minimum atomic E-state index is -1.96. The van der Waals surface area contributed by atoms with Crippen LogP contribution in [0, 0.1) is 22.7 Å². The van der Waals surface area contributed by atoms with E-state index in [9.17, 15) is 20.1 Å². The minimum absolute atomic E-state index is 0.202. The summed E-state index contributed by atoms with van der Waals surface area (Å²) >= 11 is 0. The highest BCUT2D eigenvalue weighted by Gasteiger charge is 2.71. The zero-order valence-electron chi connectivity index (χ0n) is 11.6. The first kappa shape index (κ1) is 13.5. The van der Waals surface area contributed by atoms with Crippen LogP contribution in [-0.4, -0.2) is 45.7 Å². The van der Waals surface area contributed by atoms with Gasteiger partial charge in [-0.15, -0.1) is 0 Å². The number of hydrogen-bond donors (Lipinski definition) is 3. The van der Waals surface area contributed by atoms with Crippen molar-refractivity contribution < 1.29 is 24.9 Å². The zero-order chi connectivity index (χ0) is 14.2. The summed E-state index contributed by atoms with van der Waals surface area (Å²) in [6.45, 7) is 5.81. The molecule has 0 unspecified atom stereocenters. The summed E-state index contributed by atoms with van der Waals surface area (Å²) in [5.41, 5.74) is -1.33. The molecule has 3 N–H and O–H groups in total. The van der Waals surface area contributed by atoms with Crippen LogP contribution in [0.25, 0.3) is 0 Å². The van der Waals surface area contributed by atoms with Gasteiger partial charge in [0.05, 0.1) is 24.2 Å². The summed E-state index contributed by atoms with van der Waals surface area (Å²) in [6.07, 6.45) is -1.17. The van der Waals surface area contributed by atoms with Gasteiger partial charge in [-0.05, 0) is 18.3 Å². The van der Waals surface area contributed by atoms with Gasteiger partial charge in [-0.2, -0.15) is 0 Å². The molecule has 5 nitrogen and oxygen atoms in total. The lowest BCUT2D eigenvalue weighted by Crippen LogP contribution is -2.57. The van der Waals surface area contributed by atoms with Crippen molar-refractivity contribution in [2.24, 2.45) is 22.7 Å². The van der Waals surface area contributed by atoms with Crippen LogP contribution in [0.5, 0.6) is 0 Å². The van der Waals surface area contributed by atoms with Crippen LogP contribution in [0.4, 0.5) is 0 Å². The summed E-state index contributed by atoms with van der Waals surface area (Å²) < 4.78 is 5.31. The molecule has 3 fully saturated rings. The van der Waals surface area contributed by atoms with Crippen LogP contribution in [0.3, 0.4) is 0 Å². The number of carbonyl (C=O) groups is 1. The maximum absolute atomic E-state index is 12.6. The number of aliphatic hydroxyl groups is 3. The van der Waals surface area contributed by atoms with Crippen LogP contribution in [0.1, 0.15) is 33.6 Å². The molecule has 0 aromatic rings. The molecule has 0 spiro atoms. The zero-order valence-corrected chi connectivity index (χ0v) is 11.6. The second-order valence-corrected chi connectivity index (χ2v) is 7.28. The van der Waals surface area contributed by atoms with Crippen molar-refractivity contribution >= 4 is 5.78 Å². The average molecular weight is 270 g/mol. The van der Waals surface area contributed by atoms with Gasteiger partial charge in [0, 0.05) is 11.8 Å². The Hall–Kier alpha value is -0.490. The molecule has 3 rings (SSSR count). The highest BCUT2D eigenvalue weighted by atomic mass is 16.6. The molecule has 3 aliphatic rings. The summed E-state index contributed by atoms with van der Waals surface area (Å²) in [5, 5.41) is 31.6. The molecule has 1 saturated heterocycles. The Balaban J connectivity index is 2.09. The Labute approximate surface area is 112 Å². The monoisotopic (exact) mass is 270 g/mol. The number of hydrogen-bond acceptors (Lipinski definition) is 5. The van der Waals surface area contributed by atoms with E-state index in [1.807, 2.05) is 13.8 Å². The van der Waals surface area contributed by atoms with E-state index in [2.05, 4.69) is 0 Å². The van der Waals surface area contributed by atoms with Gasteiger partial charge < -0.3 is 20.1 Å². The van der Waals surface area contributed by atoms with Gasteiger partial charge in [0.2, 0.25) is 5.79 Å². The van der Waals surface area contributed by atoms with Crippen LogP contribution < -0.4 is 0 Å². The van der Waals surface area contributed by atoms with E-state index >= 15 is 0 Å². The summed E-state index contributed by atoms with van der Waals surface area (Å²) in [6, 6.07) is 0. The van der Waals surface area contributed by atoms with E-state index in [1.165, 1.54) is 0 Å². The first-order chi connectivity index (χ1) is 8.65. The van der Waals surface area contributed by atoms with Crippen molar-refractivity contribution in [2.45, 2.75) is 51.6 Å². The summed E-state index contributed by atoms with van der Waals surface area (Å²) in [4.78, 5) is 12.6. The number of carbonyl (C=O) groups excluding carboxylic acids is 1. The van der Waals surface area contributed by atoms with Gasteiger partial charge in [-0.1, -0.05) is 20.8 Å². The Morgan fingerprint density at radius 2 is 1.89 bits per heavy atom. The van der Waals surface area contributed by atoms with Crippen molar-refractivity contribution in [1.29, 1.82) is 0 Å². The second kappa shape index (κ2) is 3.58. The maximum atomic E-state index is 12.6. The minimum Gasteiger partial charge on any atom is -0.390 e. The largest absolute Gasteiger partial charge is 0.390 e. The van der Waals surface area contributed by atoms with Gasteiger partial charge in [0.25, 0.3) is 0 Å². The number of Topliss-reactive ketones (excluding diaryl/α,β-unsaturated/α-hetero) is 1. The van der Waals surface area contributed by atoms with Crippen molar-refractivity contribution in [3.8, 4) is 0 Å². The molecular weight excluding hydrogens is 248 g/mol. The normalized spacial score (nSPS) is 56.0. The second-order valence-electron chi connectivity index (χ2n) is 7.28. The molecule has 5 heteroatoms. The predicted octanol–water partition coefficient (Wildman–Crippen LogP) is 0.0684. The van der Waals surface area contributed by atoms with Crippen LogP contribution >= 0.6 is 0 Å². The third-order valence-electron chi connectivity index (χ3n) is 5.80. The van der Waals surface area contributed by atoms with Crippen molar-refractivity contribution in [3.63, 3.8) is 0 Å². The van der Waals surface area contributed by atoms with Crippen molar-refractivity contribution in [1.82, 2.24) is 0 Å².